The second-order valence-electron chi connectivity index (χ2n) is 0.878. The molecule has 0 aliphatic rings. The van der Waals surface area contributed by atoms with Crippen LogP contribution in [0.15, 0.2) is 10.6 Å². The SMILES string of the molecule is O=C(O)ON=NOC(=O)O.[BaH2]. The van der Waals surface area contributed by atoms with Crippen molar-refractivity contribution in [1.29, 1.82) is 0 Å². The van der Waals surface area contributed by atoms with E-state index in [1.807, 2.05) is 0 Å². The quantitative estimate of drug-likeness (QED) is 0.411. The monoisotopic (exact) mass is 290 g/mol. The average Bonchev–Trinajstić information content (AvgIpc) is 1.79. The molecule has 2 N–H and O–H groups in total. The topological polar surface area (TPSA) is 118 Å². The molecule has 0 aromatic carbocycles. The Labute approximate surface area is 100 Å². The number of carbonyl (C=O) groups is 2. The van der Waals surface area contributed by atoms with E-state index in [1.54, 1.807) is 0 Å². The summed E-state index contributed by atoms with van der Waals surface area (Å²) in [5.41, 5.74) is 0. The van der Waals surface area contributed by atoms with Crippen LogP contribution in [0.4, 0.5) is 9.59 Å². The summed E-state index contributed by atoms with van der Waals surface area (Å²) >= 11 is 0. The van der Waals surface area contributed by atoms with Crippen LogP contribution in [0.3, 0.4) is 0 Å². The Bertz CT molecular complexity index is 150. The van der Waals surface area contributed by atoms with Crippen LogP contribution in [-0.4, -0.2) is 71.4 Å². The second-order valence-corrected chi connectivity index (χ2v) is 0.878. The molecule has 0 aromatic heterocycles. The van der Waals surface area contributed by atoms with Crippen molar-refractivity contribution in [2.45, 2.75) is 0 Å². The fourth-order valence-electron chi connectivity index (χ4n) is 0.103. The van der Waals surface area contributed by atoms with Gasteiger partial charge in [0.15, 0.2) is 0 Å². The molecule has 0 atom stereocenters. The normalized spacial score (nSPS) is 8.36. The van der Waals surface area contributed by atoms with Gasteiger partial charge in [0.1, 0.15) is 0 Å². The fourth-order valence-corrected chi connectivity index (χ4v) is 0.103. The molecule has 0 unspecified atom stereocenters. The van der Waals surface area contributed by atoms with Gasteiger partial charge in [0.05, 0.1) is 10.6 Å². The molecule has 0 spiro atoms. The molecule has 0 aliphatic heterocycles. The van der Waals surface area contributed by atoms with E-state index in [9.17, 15) is 9.59 Å². The van der Waals surface area contributed by atoms with Crippen LogP contribution in [0.25, 0.3) is 0 Å². The van der Waals surface area contributed by atoms with Crippen molar-refractivity contribution >= 4 is 61.2 Å². The van der Waals surface area contributed by atoms with Crippen LogP contribution in [0.1, 0.15) is 0 Å². The molecule has 0 aliphatic carbocycles. The molecule has 0 fully saturated rings. The van der Waals surface area contributed by atoms with E-state index in [1.165, 1.54) is 0 Å². The molecule has 0 radical (unpaired) electrons. The van der Waals surface area contributed by atoms with E-state index < -0.39 is 12.3 Å². The minimum absolute atomic E-state index is 0. The molecular formula is C2H4BaN2O6. The Morgan fingerprint density at radius 3 is 1.45 bits per heavy atom. The molecule has 9 heteroatoms. The van der Waals surface area contributed by atoms with Gasteiger partial charge in [-0.15, -0.1) is 0 Å². The van der Waals surface area contributed by atoms with Gasteiger partial charge in [0.2, 0.25) is 0 Å². The van der Waals surface area contributed by atoms with Crippen molar-refractivity contribution in [3.63, 3.8) is 0 Å². The number of rotatable bonds is 2. The first-order valence-electron chi connectivity index (χ1n) is 1.83. The summed E-state index contributed by atoms with van der Waals surface area (Å²) in [6, 6.07) is 0. The third-order valence-electron chi connectivity index (χ3n) is 0.271. The van der Waals surface area contributed by atoms with Crippen molar-refractivity contribution in [3.8, 4) is 0 Å². The van der Waals surface area contributed by atoms with Crippen LogP contribution in [0.2, 0.25) is 0 Å². The van der Waals surface area contributed by atoms with Gasteiger partial charge in [0, 0.05) is 0 Å². The molecule has 0 saturated carbocycles. The Balaban J connectivity index is 0. The first-order valence-corrected chi connectivity index (χ1v) is 1.83. The Hall–Kier alpha value is -0.289. The van der Waals surface area contributed by atoms with Gasteiger partial charge in [0.25, 0.3) is 0 Å². The zero-order valence-corrected chi connectivity index (χ0v) is 4.42. The van der Waals surface area contributed by atoms with Gasteiger partial charge in [-0.2, -0.15) is 0 Å². The van der Waals surface area contributed by atoms with Crippen LogP contribution < -0.4 is 0 Å². The Morgan fingerprint density at radius 2 is 1.27 bits per heavy atom. The summed E-state index contributed by atoms with van der Waals surface area (Å²) in [6.45, 7) is 0. The molecule has 0 heterocycles. The first-order chi connectivity index (χ1) is 4.63. The van der Waals surface area contributed by atoms with Crippen LogP contribution in [0, 0.1) is 0 Å². The maximum atomic E-state index is 9.47. The third kappa shape index (κ3) is 12.8. The van der Waals surface area contributed by atoms with E-state index in [0.29, 0.717) is 0 Å². The number of carboxylic acid groups (broad SMARTS) is 2. The Kier molecular flexibility index (Phi) is 9.46. The van der Waals surface area contributed by atoms with Gasteiger partial charge in [-0.3, -0.25) is 9.68 Å². The van der Waals surface area contributed by atoms with Crippen molar-refractivity contribution in [1.82, 2.24) is 0 Å². The molecule has 11 heavy (non-hydrogen) atoms. The summed E-state index contributed by atoms with van der Waals surface area (Å²) in [5.74, 6) is 0. The molecule has 0 aromatic rings. The number of hydrogen-bond acceptors (Lipinski definition) is 6. The Morgan fingerprint density at radius 1 is 1.00 bits per heavy atom. The first kappa shape index (κ1) is 13.3. The zero-order valence-electron chi connectivity index (χ0n) is 4.42. The number of nitrogens with zero attached hydrogens (tertiary/aromatic N) is 2. The van der Waals surface area contributed by atoms with Crippen LogP contribution in [-0.2, 0) is 9.68 Å². The standard InChI is InChI=1S/C2H2N2O6.Ba.2H/c5-1(6)9-3-4-10-2(7)8;;;/h(H,5,6)(H,7,8);;;. The van der Waals surface area contributed by atoms with Gasteiger partial charge >= 0.3 is 61.2 Å². The van der Waals surface area contributed by atoms with Crippen molar-refractivity contribution in [2.75, 3.05) is 0 Å². The van der Waals surface area contributed by atoms with Crippen molar-refractivity contribution in [3.05, 3.63) is 0 Å². The zero-order chi connectivity index (χ0) is 7.98. The molecule has 0 bridgehead atoms. The fraction of sp³-hybridized carbons (Fsp3) is 0. The van der Waals surface area contributed by atoms with Gasteiger partial charge in [-0.05, 0) is 0 Å². The summed E-state index contributed by atoms with van der Waals surface area (Å²) in [6.07, 6.45) is -3.42. The van der Waals surface area contributed by atoms with E-state index in [0.717, 1.165) is 0 Å². The summed E-state index contributed by atoms with van der Waals surface area (Å²) in [5, 5.41) is 20.1. The van der Waals surface area contributed by atoms with E-state index >= 15 is 0 Å². The summed E-state index contributed by atoms with van der Waals surface area (Å²) in [4.78, 5) is 25.7. The third-order valence-corrected chi connectivity index (χ3v) is 0.271. The minimum atomic E-state index is -1.71. The summed E-state index contributed by atoms with van der Waals surface area (Å²) in [7, 11) is 0. The molecular weight excluding hydrogens is 285 g/mol. The van der Waals surface area contributed by atoms with Gasteiger partial charge in [-0.1, -0.05) is 0 Å². The maximum absolute atomic E-state index is 9.47. The van der Waals surface area contributed by atoms with E-state index in [-0.39, 0.29) is 48.9 Å². The second kappa shape index (κ2) is 7.81. The van der Waals surface area contributed by atoms with Gasteiger partial charge in [-0.25, -0.2) is 9.59 Å². The van der Waals surface area contributed by atoms with E-state index in [4.69, 9.17) is 10.2 Å². The van der Waals surface area contributed by atoms with E-state index in [2.05, 4.69) is 20.2 Å². The van der Waals surface area contributed by atoms with Crippen LogP contribution in [0.5, 0.6) is 0 Å². The molecule has 0 amide bonds. The molecule has 60 valence electrons. The summed E-state index contributed by atoms with van der Waals surface area (Å²) < 4.78 is 0. The average molecular weight is 289 g/mol. The molecule has 0 saturated heterocycles. The predicted molar refractivity (Wildman–Crippen MR) is 31.6 cm³/mol. The van der Waals surface area contributed by atoms with Gasteiger partial charge < -0.3 is 10.2 Å². The number of hydrogen-bond donors (Lipinski definition) is 2. The van der Waals surface area contributed by atoms with Crippen molar-refractivity contribution < 1.29 is 29.5 Å². The predicted octanol–water partition coefficient (Wildman–Crippen LogP) is -0.258. The molecule has 8 nitrogen and oxygen atoms in total. The molecule has 0 rings (SSSR count). The van der Waals surface area contributed by atoms with Crippen molar-refractivity contribution in [2.24, 2.45) is 10.6 Å². The van der Waals surface area contributed by atoms with Crippen LogP contribution >= 0.6 is 0 Å².